The van der Waals surface area contributed by atoms with Crippen LogP contribution in [0, 0.1) is 6.92 Å². The van der Waals surface area contributed by atoms with Gasteiger partial charge in [-0.3, -0.25) is 4.79 Å². The minimum atomic E-state index is -0.291. The molecule has 5 aromatic rings. The van der Waals surface area contributed by atoms with Gasteiger partial charge in [0.1, 0.15) is 12.4 Å². The monoisotopic (exact) mass is 799 g/mol. The third-order valence-electron chi connectivity index (χ3n) is 7.43. The molecule has 4 aromatic carbocycles. The molecule has 7 nitrogen and oxygen atoms in total. The standard InChI is InChI=1S/C36H33Br2Cl2N3O4/c1-6-45-30-14-21(5)27(17-26(30)20(3)4)35-42-29-11-9-8-10-25(29)36(44)43(35)41-18-23-15-31(46-7-2)34(33(38)32(23)37)47-19-22-12-13-24(39)16-28(22)40/h8-18,20H,6-7,19H2,1-5H3. The van der Waals surface area contributed by atoms with Crippen LogP contribution in [0.25, 0.3) is 22.3 Å². The summed E-state index contributed by atoms with van der Waals surface area (Å²) < 4.78 is 20.7. The molecule has 0 bridgehead atoms. The lowest BCUT2D eigenvalue weighted by Gasteiger charge is -2.18. The number of aromatic nitrogens is 2. The van der Waals surface area contributed by atoms with E-state index in [0.29, 0.717) is 66.0 Å². The lowest BCUT2D eigenvalue weighted by molar-refractivity contribution is 0.267. The van der Waals surface area contributed by atoms with Crippen molar-refractivity contribution in [2.75, 3.05) is 13.2 Å². The Balaban J connectivity index is 1.63. The van der Waals surface area contributed by atoms with Crippen LogP contribution in [0.15, 0.2) is 79.5 Å². The minimum Gasteiger partial charge on any atom is -0.494 e. The highest BCUT2D eigenvalue weighted by Crippen LogP contribution is 2.43. The van der Waals surface area contributed by atoms with Gasteiger partial charge >= 0.3 is 0 Å². The Labute approximate surface area is 300 Å². The average molecular weight is 802 g/mol. The first-order valence-corrected chi connectivity index (χ1v) is 17.4. The molecule has 0 unspecified atom stereocenters. The third-order valence-corrected chi connectivity index (χ3v) is 10.2. The Bertz CT molecular complexity index is 2050. The zero-order valence-corrected chi connectivity index (χ0v) is 31.2. The summed E-state index contributed by atoms with van der Waals surface area (Å²) in [5, 5.41) is 6.24. The van der Waals surface area contributed by atoms with Gasteiger partial charge in [0.2, 0.25) is 0 Å². The van der Waals surface area contributed by atoms with E-state index in [1.54, 1.807) is 30.5 Å². The molecule has 0 spiro atoms. The number of aryl methyl sites for hydroxylation is 1. The maximum absolute atomic E-state index is 14.0. The molecule has 0 aliphatic carbocycles. The fraction of sp³-hybridized carbons (Fsp3) is 0.250. The molecule has 0 fully saturated rings. The lowest BCUT2D eigenvalue weighted by atomic mass is 9.96. The molecule has 0 atom stereocenters. The van der Waals surface area contributed by atoms with Crippen molar-refractivity contribution in [3.8, 4) is 28.6 Å². The van der Waals surface area contributed by atoms with Crippen LogP contribution in [0.2, 0.25) is 10.0 Å². The molecule has 0 aliphatic heterocycles. The number of halogens is 4. The highest BCUT2D eigenvalue weighted by atomic mass is 79.9. The van der Waals surface area contributed by atoms with E-state index >= 15 is 0 Å². The quantitative estimate of drug-likeness (QED) is 0.124. The number of ether oxygens (including phenoxy) is 3. The van der Waals surface area contributed by atoms with Crippen LogP contribution in [-0.2, 0) is 6.61 Å². The molecule has 0 saturated heterocycles. The first-order valence-electron chi connectivity index (χ1n) is 15.1. The molecule has 244 valence electrons. The molecule has 11 heteroatoms. The highest BCUT2D eigenvalue weighted by Gasteiger charge is 2.20. The largest absolute Gasteiger partial charge is 0.494 e. The van der Waals surface area contributed by atoms with Crippen LogP contribution in [0.5, 0.6) is 17.2 Å². The molecule has 0 saturated carbocycles. The predicted octanol–water partition coefficient (Wildman–Crippen LogP) is 10.6. The van der Waals surface area contributed by atoms with Crippen molar-refractivity contribution in [2.24, 2.45) is 5.10 Å². The highest BCUT2D eigenvalue weighted by molar-refractivity contribution is 9.13. The molecule has 0 radical (unpaired) electrons. The van der Waals surface area contributed by atoms with Gasteiger partial charge in [-0.25, -0.2) is 4.98 Å². The number of para-hydroxylation sites is 1. The second-order valence-electron chi connectivity index (χ2n) is 11.0. The third kappa shape index (κ3) is 7.54. The van der Waals surface area contributed by atoms with Crippen molar-refractivity contribution in [3.63, 3.8) is 0 Å². The first-order chi connectivity index (χ1) is 22.5. The van der Waals surface area contributed by atoms with Crippen LogP contribution in [0.4, 0.5) is 0 Å². The fourth-order valence-electron chi connectivity index (χ4n) is 5.08. The topological polar surface area (TPSA) is 74.9 Å². The molecular weight excluding hydrogens is 769 g/mol. The molecule has 5 rings (SSSR count). The van der Waals surface area contributed by atoms with Gasteiger partial charge < -0.3 is 14.2 Å². The summed E-state index contributed by atoms with van der Waals surface area (Å²) in [6, 6.07) is 18.4. The van der Waals surface area contributed by atoms with Crippen molar-refractivity contribution in [3.05, 3.63) is 112 Å². The van der Waals surface area contributed by atoms with Crippen LogP contribution >= 0.6 is 55.1 Å². The molecule has 47 heavy (non-hydrogen) atoms. The van der Waals surface area contributed by atoms with E-state index in [1.165, 1.54) is 4.68 Å². The maximum Gasteiger partial charge on any atom is 0.282 e. The number of rotatable bonds is 11. The first kappa shape index (κ1) is 35.0. The zero-order valence-electron chi connectivity index (χ0n) is 26.5. The number of nitrogens with zero attached hydrogens (tertiary/aromatic N) is 3. The second kappa shape index (κ2) is 15.2. The Morgan fingerprint density at radius 3 is 2.36 bits per heavy atom. The molecular formula is C36H33Br2Cl2N3O4. The molecule has 0 aliphatic rings. The van der Waals surface area contributed by atoms with Crippen LogP contribution in [-0.4, -0.2) is 29.1 Å². The summed E-state index contributed by atoms with van der Waals surface area (Å²) in [5.74, 6) is 2.40. The Kier molecular flexibility index (Phi) is 11.3. The van der Waals surface area contributed by atoms with E-state index in [4.69, 9.17) is 47.5 Å². The lowest BCUT2D eigenvalue weighted by Crippen LogP contribution is -2.21. The number of benzene rings is 4. The molecule has 0 N–H and O–H groups in total. The van der Waals surface area contributed by atoms with Gasteiger partial charge in [-0.2, -0.15) is 9.78 Å². The maximum atomic E-state index is 14.0. The SMILES string of the molecule is CCOc1cc(C)c(-c2nc3ccccc3c(=O)n2N=Cc2cc(OCC)c(OCc3ccc(Cl)cc3Cl)c(Br)c2Br)cc1C(C)C. The smallest absolute Gasteiger partial charge is 0.282 e. The van der Waals surface area contributed by atoms with Crippen molar-refractivity contribution in [2.45, 2.75) is 47.1 Å². The second-order valence-corrected chi connectivity index (χ2v) is 13.4. The minimum absolute atomic E-state index is 0.182. The van der Waals surface area contributed by atoms with E-state index in [9.17, 15) is 4.79 Å². The van der Waals surface area contributed by atoms with Gasteiger partial charge in [0, 0.05) is 31.2 Å². The van der Waals surface area contributed by atoms with Crippen LogP contribution in [0.3, 0.4) is 0 Å². The normalized spacial score (nSPS) is 11.5. The molecule has 1 aromatic heterocycles. The summed E-state index contributed by atoms with van der Waals surface area (Å²) in [7, 11) is 0. The van der Waals surface area contributed by atoms with Gasteiger partial charge in [0.05, 0.1) is 34.8 Å². The van der Waals surface area contributed by atoms with E-state index < -0.39 is 0 Å². The Morgan fingerprint density at radius 1 is 0.936 bits per heavy atom. The van der Waals surface area contributed by atoms with E-state index in [-0.39, 0.29) is 18.1 Å². The summed E-state index contributed by atoms with van der Waals surface area (Å²) >= 11 is 19.8. The molecule has 1 heterocycles. The van der Waals surface area contributed by atoms with Gasteiger partial charge in [-0.1, -0.05) is 55.2 Å². The summed E-state index contributed by atoms with van der Waals surface area (Å²) in [4.78, 5) is 18.9. The van der Waals surface area contributed by atoms with Crippen LogP contribution < -0.4 is 19.8 Å². The van der Waals surface area contributed by atoms with Crippen molar-refractivity contribution in [1.82, 2.24) is 9.66 Å². The average Bonchev–Trinajstić information content (AvgIpc) is 3.03. The van der Waals surface area contributed by atoms with Crippen molar-refractivity contribution >= 4 is 72.2 Å². The van der Waals surface area contributed by atoms with E-state index in [0.717, 1.165) is 28.0 Å². The number of fused-ring (bicyclic) bond motifs is 1. The van der Waals surface area contributed by atoms with Gasteiger partial charge in [0.15, 0.2) is 17.3 Å². The van der Waals surface area contributed by atoms with Crippen molar-refractivity contribution < 1.29 is 14.2 Å². The van der Waals surface area contributed by atoms with Gasteiger partial charge in [-0.05, 0) is 112 Å². The number of hydrogen-bond acceptors (Lipinski definition) is 6. The van der Waals surface area contributed by atoms with Crippen molar-refractivity contribution in [1.29, 1.82) is 0 Å². The van der Waals surface area contributed by atoms with Gasteiger partial charge in [0.25, 0.3) is 5.56 Å². The van der Waals surface area contributed by atoms with E-state index in [2.05, 4.69) is 45.7 Å². The summed E-state index contributed by atoms with van der Waals surface area (Å²) in [6.07, 6.45) is 1.60. The predicted molar refractivity (Wildman–Crippen MR) is 198 cm³/mol. The molecule has 0 amide bonds. The van der Waals surface area contributed by atoms with Crippen LogP contribution in [0.1, 0.15) is 55.9 Å². The van der Waals surface area contributed by atoms with E-state index in [1.807, 2.05) is 57.2 Å². The van der Waals surface area contributed by atoms with Gasteiger partial charge in [-0.15, -0.1) is 0 Å². The Morgan fingerprint density at radius 2 is 1.66 bits per heavy atom. The zero-order chi connectivity index (χ0) is 33.8. The summed E-state index contributed by atoms with van der Waals surface area (Å²) in [6.45, 7) is 11.2. The Hall–Kier alpha value is -3.37. The fourth-order valence-corrected chi connectivity index (χ4v) is 6.48. The number of hydrogen-bond donors (Lipinski definition) is 0. The summed E-state index contributed by atoms with van der Waals surface area (Å²) in [5.41, 5.74) is 4.44.